The normalized spacial score (nSPS) is 10.8. The van der Waals surface area contributed by atoms with Crippen LogP contribution in [0.1, 0.15) is 18.9 Å². The number of nitrogens with one attached hydrogen (secondary N) is 3. The molecule has 3 aromatic rings. The second-order valence-corrected chi connectivity index (χ2v) is 6.55. The van der Waals surface area contributed by atoms with Crippen LogP contribution in [0, 0.1) is 0 Å². The zero-order chi connectivity index (χ0) is 17.8. The number of methoxy groups -OCH3 is 1. The molecule has 0 aliphatic heterocycles. The molecule has 0 saturated carbocycles. The van der Waals surface area contributed by atoms with Crippen molar-refractivity contribution in [3.05, 3.63) is 50.9 Å². The molecular formula is C18H20BrN3O3. The van der Waals surface area contributed by atoms with Crippen molar-refractivity contribution in [3.8, 4) is 11.5 Å². The molecule has 1 heterocycles. The molecule has 0 amide bonds. The molecule has 0 aliphatic rings. The first-order chi connectivity index (χ1) is 12.1. The van der Waals surface area contributed by atoms with Crippen molar-refractivity contribution < 1.29 is 9.47 Å². The van der Waals surface area contributed by atoms with Crippen molar-refractivity contribution in [3.63, 3.8) is 0 Å². The molecule has 7 heteroatoms. The summed E-state index contributed by atoms with van der Waals surface area (Å²) < 4.78 is 12.3. The van der Waals surface area contributed by atoms with Crippen LogP contribution in [0.3, 0.4) is 0 Å². The minimum atomic E-state index is -0.209. The van der Waals surface area contributed by atoms with Gasteiger partial charge in [-0.05, 0) is 36.8 Å². The molecule has 1 aromatic heterocycles. The lowest BCUT2D eigenvalue weighted by atomic mass is 10.1. The zero-order valence-electron chi connectivity index (χ0n) is 14.1. The van der Waals surface area contributed by atoms with Gasteiger partial charge in [0.25, 0.3) is 0 Å². The molecule has 0 bridgehead atoms. The number of H-pyrrole nitrogens is 2. The molecule has 0 fully saturated rings. The summed E-state index contributed by atoms with van der Waals surface area (Å²) in [5.41, 5.74) is 3.24. The first kappa shape index (κ1) is 17.4. The van der Waals surface area contributed by atoms with Gasteiger partial charge < -0.3 is 24.8 Å². The molecule has 2 aromatic carbocycles. The van der Waals surface area contributed by atoms with Gasteiger partial charge in [-0.15, -0.1) is 0 Å². The Morgan fingerprint density at radius 2 is 1.96 bits per heavy atom. The Morgan fingerprint density at radius 3 is 2.72 bits per heavy atom. The quantitative estimate of drug-likeness (QED) is 0.554. The van der Waals surface area contributed by atoms with E-state index in [1.54, 1.807) is 7.11 Å². The minimum Gasteiger partial charge on any atom is -0.493 e. The van der Waals surface area contributed by atoms with Crippen LogP contribution in [-0.4, -0.2) is 23.7 Å². The monoisotopic (exact) mass is 405 g/mol. The summed E-state index contributed by atoms with van der Waals surface area (Å²) >= 11 is 3.51. The van der Waals surface area contributed by atoms with Crippen molar-refractivity contribution in [2.75, 3.05) is 19.0 Å². The lowest BCUT2D eigenvalue weighted by molar-refractivity contribution is 0.291. The van der Waals surface area contributed by atoms with Crippen molar-refractivity contribution in [1.82, 2.24) is 9.97 Å². The van der Waals surface area contributed by atoms with Crippen molar-refractivity contribution in [1.29, 1.82) is 0 Å². The van der Waals surface area contributed by atoms with Crippen molar-refractivity contribution >= 4 is 32.7 Å². The third-order valence-electron chi connectivity index (χ3n) is 3.77. The standard InChI is InChI=1S/C18H20BrN3O3/c1-3-6-25-17-11(7-12(19)8-16(17)24-2)10-20-13-4-5-14-15(9-13)22-18(23)21-14/h4-5,7-9,20H,3,6,10H2,1-2H3,(H2,21,22,23). The molecule has 0 unspecified atom stereocenters. The SMILES string of the molecule is CCCOc1c(CNc2ccc3[nH]c(=O)[nH]c3c2)cc(Br)cc1OC. The maximum Gasteiger partial charge on any atom is 0.323 e. The summed E-state index contributed by atoms with van der Waals surface area (Å²) in [6.45, 7) is 3.26. The highest BCUT2D eigenvalue weighted by atomic mass is 79.9. The molecule has 0 atom stereocenters. The lowest BCUT2D eigenvalue weighted by Gasteiger charge is -2.16. The molecule has 3 N–H and O–H groups in total. The van der Waals surface area contributed by atoms with E-state index in [-0.39, 0.29) is 5.69 Å². The van der Waals surface area contributed by atoms with E-state index in [9.17, 15) is 4.79 Å². The van der Waals surface area contributed by atoms with E-state index in [2.05, 4.69) is 38.1 Å². The van der Waals surface area contributed by atoms with E-state index in [1.165, 1.54) is 0 Å². The molecule has 0 aliphatic carbocycles. The van der Waals surface area contributed by atoms with Crippen LogP contribution < -0.4 is 20.5 Å². The van der Waals surface area contributed by atoms with Crippen LogP contribution in [0.25, 0.3) is 11.0 Å². The minimum absolute atomic E-state index is 0.209. The van der Waals surface area contributed by atoms with E-state index < -0.39 is 0 Å². The second-order valence-electron chi connectivity index (χ2n) is 5.64. The van der Waals surface area contributed by atoms with Gasteiger partial charge >= 0.3 is 5.69 Å². The van der Waals surface area contributed by atoms with E-state index in [0.29, 0.717) is 18.9 Å². The average molecular weight is 406 g/mol. The highest BCUT2D eigenvalue weighted by Crippen LogP contribution is 2.35. The van der Waals surface area contributed by atoms with Crippen LogP contribution in [0.15, 0.2) is 39.6 Å². The zero-order valence-corrected chi connectivity index (χ0v) is 15.7. The summed E-state index contributed by atoms with van der Waals surface area (Å²) in [6, 6.07) is 9.59. The van der Waals surface area contributed by atoms with Gasteiger partial charge in [0.05, 0.1) is 24.8 Å². The average Bonchev–Trinajstić information content (AvgIpc) is 2.97. The van der Waals surface area contributed by atoms with E-state index in [1.807, 2.05) is 30.3 Å². The number of halogens is 1. The van der Waals surface area contributed by atoms with Gasteiger partial charge in [-0.3, -0.25) is 0 Å². The number of imidazole rings is 1. The fourth-order valence-electron chi connectivity index (χ4n) is 2.61. The summed E-state index contributed by atoms with van der Waals surface area (Å²) in [7, 11) is 1.63. The first-order valence-electron chi connectivity index (χ1n) is 8.06. The van der Waals surface area contributed by atoms with Crippen LogP contribution in [0.5, 0.6) is 11.5 Å². The third-order valence-corrected chi connectivity index (χ3v) is 4.22. The Morgan fingerprint density at radius 1 is 1.16 bits per heavy atom. The largest absolute Gasteiger partial charge is 0.493 e. The second kappa shape index (κ2) is 7.65. The molecule has 132 valence electrons. The van der Waals surface area contributed by atoms with Gasteiger partial charge in [0.1, 0.15) is 0 Å². The number of aromatic amines is 2. The molecule has 0 spiro atoms. The van der Waals surface area contributed by atoms with Gasteiger partial charge in [0, 0.05) is 22.3 Å². The van der Waals surface area contributed by atoms with Gasteiger partial charge in [-0.25, -0.2) is 4.79 Å². The van der Waals surface area contributed by atoms with E-state index >= 15 is 0 Å². The molecular weight excluding hydrogens is 386 g/mol. The van der Waals surface area contributed by atoms with Crippen LogP contribution in [-0.2, 0) is 6.54 Å². The summed E-state index contributed by atoms with van der Waals surface area (Å²) in [5, 5.41) is 3.37. The van der Waals surface area contributed by atoms with Crippen LogP contribution >= 0.6 is 15.9 Å². The predicted molar refractivity (Wildman–Crippen MR) is 103 cm³/mol. The van der Waals surface area contributed by atoms with Crippen molar-refractivity contribution in [2.45, 2.75) is 19.9 Å². The lowest BCUT2D eigenvalue weighted by Crippen LogP contribution is -2.06. The maximum atomic E-state index is 11.4. The van der Waals surface area contributed by atoms with Gasteiger partial charge in [-0.2, -0.15) is 0 Å². The number of fused-ring (bicyclic) bond motifs is 1. The molecule has 6 nitrogen and oxygen atoms in total. The summed E-state index contributed by atoms with van der Waals surface area (Å²) in [5.74, 6) is 1.45. The third kappa shape index (κ3) is 3.99. The molecule has 0 saturated heterocycles. The molecule has 25 heavy (non-hydrogen) atoms. The number of ether oxygens (including phenoxy) is 2. The predicted octanol–water partition coefficient (Wildman–Crippen LogP) is 4.03. The Kier molecular flexibility index (Phi) is 5.33. The fourth-order valence-corrected chi connectivity index (χ4v) is 3.10. The smallest absolute Gasteiger partial charge is 0.323 e. The fraction of sp³-hybridized carbons (Fsp3) is 0.278. The van der Waals surface area contributed by atoms with Crippen LogP contribution in [0.2, 0.25) is 0 Å². The van der Waals surface area contributed by atoms with E-state index in [0.717, 1.165) is 38.9 Å². The first-order valence-corrected chi connectivity index (χ1v) is 8.85. The van der Waals surface area contributed by atoms with Gasteiger partial charge in [-0.1, -0.05) is 22.9 Å². The van der Waals surface area contributed by atoms with Gasteiger partial charge in [0.2, 0.25) is 0 Å². The number of aromatic nitrogens is 2. The molecule has 3 rings (SSSR count). The number of benzene rings is 2. The Balaban J connectivity index is 1.85. The van der Waals surface area contributed by atoms with E-state index in [4.69, 9.17) is 9.47 Å². The Hall–Kier alpha value is -2.41. The summed E-state index contributed by atoms with van der Waals surface area (Å²) in [4.78, 5) is 16.9. The topological polar surface area (TPSA) is 79.1 Å². The number of hydrogen-bond acceptors (Lipinski definition) is 4. The summed E-state index contributed by atoms with van der Waals surface area (Å²) in [6.07, 6.45) is 0.920. The van der Waals surface area contributed by atoms with Crippen LogP contribution in [0.4, 0.5) is 5.69 Å². The number of hydrogen-bond donors (Lipinski definition) is 3. The number of anilines is 1. The maximum absolute atomic E-state index is 11.4. The Bertz CT molecular complexity index is 933. The number of rotatable bonds is 7. The Labute approximate surface area is 153 Å². The van der Waals surface area contributed by atoms with Crippen molar-refractivity contribution in [2.24, 2.45) is 0 Å². The van der Waals surface area contributed by atoms with Gasteiger partial charge in [0.15, 0.2) is 11.5 Å². The highest BCUT2D eigenvalue weighted by molar-refractivity contribution is 9.10. The molecule has 0 radical (unpaired) electrons. The highest BCUT2D eigenvalue weighted by Gasteiger charge is 2.13.